The molecule has 2 bridgehead atoms. The van der Waals surface area contributed by atoms with Crippen LogP contribution in [0.1, 0.15) is 6.42 Å². The maximum Gasteiger partial charge on any atom is 0.227 e. The van der Waals surface area contributed by atoms with E-state index in [1.54, 1.807) is 30.5 Å². The van der Waals surface area contributed by atoms with Crippen LogP contribution < -0.4 is 15.0 Å². The van der Waals surface area contributed by atoms with E-state index in [9.17, 15) is 4.39 Å². The lowest BCUT2D eigenvalue weighted by Crippen LogP contribution is -2.38. The minimum Gasteiger partial charge on any atom is -0.497 e. The molecule has 1 aromatic carbocycles. The van der Waals surface area contributed by atoms with E-state index in [0.29, 0.717) is 40.6 Å². The molecule has 0 unspecified atom stereocenters. The topological polar surface area (TPSA) is 88.2 Å². The Bertz CT molecular complexity index is 1010. The molecule has 2 aromatic heterocycles. The summed E-state index contributed by atoms with van der Waals surface area (Å²) >= 11 is 0. The molecule has 2 aliphatic heterocycles. The fourth-order valence-corrected chi connectivity index (χ4v) is 3.70. The van der Waals surface area contributed by atoms with Gasteiger partial charge in [-0.3, -0.25) is 5.10 Å². The first-order chi connectivity index (χ1) is 13.7. The van der Waals surface area contributed by atoms with Crippen LogP contribution in [-0.4, -0.2) is 52.6 Å². The third-order valence-electron chi connectivity index (χ3n) is 5.10. The maximum atomic E-state index is 14.3. The zero-order valence-electron chi connectivity index (χ0n) is 15.2. The molecule has 2 aliphatic rings. The highest BCUT2D eigenvalue weighted by molar-refractivity contribution is 5.66. The molecule has 8 nitrogen and oxygen atoms in total. The highest BCUT2D eigenvalue weighted by atomic mass is 19.1. The zero-order chi connectivity index (χ0) is 19.1. The quantitative estimate of drug-likeness (QED) is 0.701. The molecule has 5 rings (SSSR count). The number of aromatic nitrogens is 4. The van der Waals surface area contributed by atoms with Crippen LogP contribution in [0.2, 0.25) is 0 Å². The number of aromatic amines is 1. The number of benzene rings is 1. The summed E-state index contributed by atoms with van der Waals surface area (Å²) in [4.78, 5) is 11.2. The Kier molecular flexibility index (Phi) is 4.09. The summed E-state index contributed by atoms with van der Waals surface area (Å²) in [5.74, 6) is 1.93. The molecule has 2 saturated heterocycles. The summed E-state index contributed by atoms with van der Waals surface area (Å²) in [7, 11) is 1.50. The summed E-state index contributed by atoms with van der Waals surface area (Å²) in [5.41, 5.74) is 0.976. The van der Waals surface area contributed by atoms with E-state index in [4.69, 9.17) is 9.47 Å². The summed E-state index contributed by atoms with van der Waals surface area (Å²) in [6, 6.07) is 8.55. The van der Waals surface area contributed by atoms with Crippen LogP contribution in [0.5, 0.6) is 5.75 Å². The number of morpholine rings is 1. The Morgan fingerprint density at radius 2 is 2.21 bits per heavy atom. The van der Waals surface area contributed by atoms with Crippen molar-refractivity contribution in [3.63, 3.8) is 0 Å². The second-order valence-corrected chi connectivity index (χ2v) is 6.88. The summed E-state index contributed by atoms with van der Waals surface area (Å²) in [6.45, 7) is 1.54. The minimum atomic E-state index is -0.384. The van der Waals surface area contributed by atoms with Crippen LogP contribution >= 0.6 is 0 Å². The van der Waals surface area contributed by atoms with E-state index in [1.165, 1.54) is 13.2 Å². The van der Waals surface area contributed by atoms with Crippen molar-refractivity contribution in [3.8, 4) is 17.0 Å². The molecular weight excluding hydrogens is 363 g/mol. The molecule has 4 heterocycles. The SMILES string of the molecule is COc1ccc(-c2cc(Nc3ccnc(N4C[C@H]5C[C@@H]4CO5)n3)n[nH]2)c(F)c1. The Hall–Kier alpha value is -3.20. The molecule has 2 N–H and O–H groups in total. The van der Waals surface area contributed by atoms with Crippen molar-refractivity contribution >= 4 is 17.6 Å². The van der Waals surface area contributed by atoms with E-state index in [1.807, 2.05) is 0 Å². The fraction of sp³-hybridized carbons (Fsp3) is 0.316. The average Bonchev–Trinajstić information content (AvgIpc) is 3.45. The number of halogens is 1. The van der Waals surface area contributed by atoms with Gasteiger partial charge in [-0.15, -0.1) is 0 Å². The van der Waals surface area contributed by atoms with Crippen molar-refractivity contribution in [1.82, 2.24) is 20.2 Å². The third-order valence-corrected chi connectivity index (χ3v) is 5.10. The van der Waals surface area contributed by atoms with Crippen molar-refractivity contribution in [2.45, 2.75) is 18.6 Å². The Morgan fingerprint density at radius 3 is 2.96 bits per heavy atom. The molecule has 2 fully saturated rings. The van der Waals surface area contributed by atoms with Gasteiger partial charge in [0.25, 0.3) is 0 Å². The van der Waals surface area contributed by atoms with Crippen LogP contribution in [0.4, 0.5) is 22.0 Å². The van der Waals surface area contributed by atoms with Gasteiger partial charge in [0.1, 0.15) is 17.4 Å². The van der Waals surface area contributed by atoms with Gasteiger partial charge in [0, 0.05) is 30.4 Å². The van der Waals surface area contributed by atoms with E-state index < -0.39 is 0 Å². The van der Waals surface area contributed by atoms with Gasteiger partial charge in [-0.1, -0.05) is 0 Å². The van der Waals surface area contributed by atoms with Crippen molar-refractivity contribution in [2.24, 2.45) is 0 Å². The molecule has 0 saturated carbocycles. The van der Waals surface area contributed by atoms with Crippen LogP contribution in [0.25, 0.3) is 11.3 Å². The van der Waals surface area contributed by atoms with Gasteiger partial charge in [-0.2, -0.15) is 10.1 Å². The zero-order valence-corrected chi connectivity index (χ0v) is 15.2. The van der Waals surface area contributed by atoms with Crippen molar-refractivity contribution in [3.05, 3.63) is 42.3 Å². The van der Waals surface area contributed by atoms with E-state index in [2.05, 4.69) is 30.4 Å². The lowest BCUT2D eigenvalue weighted by molar-refractivity contribution is 0.0986. The molecule has 9 heteroatoms. The molecule has 28 heavy (non-hydrogen) atoms. The number of nitrogens with one attached hydrogen (secondary N) is 2. The number of rotatable bonds is 5. The molecule has 0 radical (unpaired) electrons. The van der Waals surface area contributed by atoms with Crippen molar-refractivity contribution < 1.29 is 13.9 Å². The van der Waals surface area contributed by atoms with E-state index in [0.717, 1.165) is 19.6 Å². The molecule has 0 amide bonds. The van der Waals surface area contributed by atoms with Gasteiger partial charge >= 0.3 is 0 Å². The van der Waals surface area contributed by atoms with E-state index in [-0.39, 0.29) is 11.9 Å². The number of fused-ring (bicyclic) bond motifs is 2. The molecule has 3 aromatic rings. The second-order valence-electron chi connectivity index (χ2n) is 6.88. The Balaban J connectivity index is 1.34. The first-order valence-corrected chi connectivity index (χ1v) is 9.07. The van der Waals surface area contributed by atoms with Crippen LogP contribution in [0.15, 0.2) is 36.5 Å². The van der Waals surface area contributed by atoms with Gasteiger partial charge in [-0.25, -0.2) is 9.37 Å². The van der Waals surface area contributed by atoms with Crippen LogP contribution in [0, 0.1) is 5.82 Å². The minimum absolute atomic E-state index is 0.276. The fourth-order valence-electron chi connectivity index (χ4n) is 3.70. The normalized spacial score (nSPS) is 20.6. The largest absolute Gasteiger partial charge is 0.497 e. The predicted octanol–water partition coefficient (Wildman–Crippen LogP) is 2.74. The molecule has 0 aliphatic carbocycles. The molecular formula is C19H19FN6O2. The standard InChI is InChI=1S/C19H19FN6O2/c1-27-12-2-3-14(15(20)7-12)16-8-18(25-24-16)22-17-4-5-21-19(23-17)26-9-13-6-11(26)10-28-13/h2-5,7-8,11,13H,6,9-10H2,1H3,(H2,21,22,23,24,25)/t11-,13-/m1/s1. The summed E-state index contributed by atoms with van der Waals surface area (Å²) in [6.07, 6.45) is 3.02. The average molecular weight is 382 g/mol. The third kappa shape index (κ3) is 3.03. The number of ether oxygens (including phenoxy) is 2. The molecule has 0 spiro atoms. The first-order valence-electron chi connectivity index (χ1n) is 9.07. The highest BCUT2D eigenvalue weighted by Gasteiger charge is 2.40. The van der Waals surface area contributed by atoms with Gasteiger partial charge in [0.05, 0.1) is 31.6 Å². The number of anilines is 3. The van der Waals surface area contributed by atoms with Crippen molar-refractivity contribution in [1.29, 1.82) is 0 Å². The monoisotopic (exact) mass is 382 g/mol. The summed E-state index contributed by atoms with van der Waals surface area (Å²) < 4.78 is 24.9. The predicted molar refractivity (Wildman–Crippen MR) is 101 cm³/mol. The van der Waals surface area contributed by atoms with Gasteiger partial charge < -0.3 is 19.7 Å². The van der Waals surface area contributed by atoms with E-state index >= 15 is 0 Å². The van der Waals surface area contributed by atoms with Gasteiger partial charge in [0.2, 0.25) is 5.95 Å². The second kappa shape index (κ2) is 6.75. The first kappa shape index (κ1) is 16.9. The number of H-pyrrole nitrogens is 1. The summed E-state index contributed by atoms with van der Waals surface area (Å²) in [5, 5.41) is 10.2. The lowest BCUT2D eigenvalue weighted by Gasteiger charge is -2.26. The Morgan fingerprint density at radius 1 is 1.29 bits per heavy atom. The lowest BCUT2D eigenvalue weighted by atomic mass is 10.1. The van der Waals surface area contributed by atoms with Gasteiger partial charge in [0.15, 0.2) is 5.82 Å². The Labute approximate surface area is 160 Å². The van der Waals surface area contributed by atoms with Gasteiger partial charge in [-0.05, 0) is 24.6 Å². The van der Waals surface area contributed by atoms with Crippen LogP contribution in [-0.2, 0) is 4.74 Å². The number of hydrogen-bond donors (Lipinski definition) is 2. The highest BCUT2D eigenvalue weighted by Crippen LogP contribution is 2.31. The van der Waals surface area contributed by atoms with Crippen molar-refractivity contribution in [2.75, 3.05) is 30.5 Å². The number of nitrogens with zero attached hydrogens (tertiary/aromatic N) is 4. The number of methoxy groups -OCH3 is 1. The molecule has 2 atom stereocenters. The van der Waals surface area contributed by atoms with Crippen LogP contribution in [0.3, 0.4) is 0 Å². The smallest absolute Gasteiger partial charge is 0.227 e. The maximum absolute atomic E-state index is 14.3. The number of hydrogen-bond acceptors (Lipinski definition) is 7. The molecule has 144 valence electrons.